The van der Waals surface area contributed by atoms with Crippen molar-refractivity contribution in [3.05, 3.63) is 12.2 Å². The second kappa shape index (κ2) is 24.0. The molecular weight excluding hydrogens is 630 g/mol. The van der Waals surface area contributed by atoms with Crippen LogP contribution in [0.4, 0.5) is 0 Å². The van der Waals surface area contributed by atoms with Crippen molar-refractivity contribution in [2.75, 3.05) is 19.8 Å². The summed E-state index contributed by atoms with van der Waals surface area (Å²) < 4.78 is 22.4. The Kier molecular flexibility index (Phi) is 21.5. The number of rotatable bonds is 24. The van der Waals surface area contributed by atoms with Gasteiger partial charge in [-0.1, -0.05) is 90.2 Å². The third kappa shape index (κ3) is 14.2. The van der Waals surface area contributed by atoms with Crippen molar-refractivity contribution in [2.45, 2.75) is 177 Å². The van der Waals surface area contributed by atoms with E-state index in [1.54, 1.807) is 6.08 Å². The van der Waals surface area contributed by atoms with Gasteiger partial charge in [-0.25, -0.2) is 0 Å². The maximum absolute atomic E-state index is 12.8. The minimum Gasteiger partial charge on any atom is -0.394 e. The predicted molar refractivity (Wildman–Crippen MR) is 175 cm³/mol. The number of hydrogen-bond donors (Lipinski definition) is 9. The molecule has 0 aromatic rings. The summed E-state index contributed by atoms with van der Waals surface area (Å²) in [5.74, 6) is -0.253. The molecule has 0 saturated carbocycles. The first kappa shape index (κ1) is 42.9. The molecule has 0 aliphatic carbocycles. The zero-order chi connectivity index (χ0) is 35.5. The molecule has 0 aromatic carbocycles. The van der Waals surface area contributed by atoms with Gasteiger partial charge in [-0.15, -0.1) is 0 Å². The van der Waals surface area contributed by atoms with E-state index in [-0.39, 0.29) is 18.9 Å². The Hall–Kier alpha value is -1.27. The number of allylic oxidation sites excluding steroid dienone is 1. The largest absolute Gasteiger partial charge is 0.394 e. The summed E-state index contributed by atoms with van der Waals surface area (Å²) in [6.45, 7) is 2.59. The Morgan fingerprint density at radius 1 is 0.729 bits per heavy atom. The Morgan fingerprint density at radius 2 is 1.29 bits per heavy atom. The van der Waals surface area contributed by atoms with Crippen LogP contribution in [0.1, 0.15) is 104 Å². The van der Waals surface area contributed by atoms with Crippen molar-refractivity contribution in [3.8, 4) is 0 Å². The average molecular weight is 694 g/mol. The normalized spacial score (nSPS) is 32.4. The van der Waals surface area contributed by atoms with Gasteiger partial charge in [-0.2, -0.15) is 0 Å². The topological polar surface area (TPSA) is 228 Å². The van der Waals surface area contributed by atoms with Crippen molar-refractivity contribution in [1.29, 1.82) is 0 Å². The molecule has 0 aromatic heterocycles. The molecule has 2 saturated heterocycles. The van der Waals surface area contributed by atoms with E-state index in [0.29, 0.717) is 6.42 Å². The fourth-order valence-electron chi connectivity index (χ4n) is 5.87. The highest BCUT2D eigenvalue weighted by Crippen LogP contribution is 2.29. The number of hydrogen-bond acceptors (Lipinski definition) is 13. The Labute approximate surface area is 285 Å². The third-order valence-corrected chi connectivity index (χ3v) is 8.97. The number of unbranched alkanes of at least 4 members (excludes halogenated alkanes) is 11. The van der Waals surface area contributed by atoms with Gasteiger partial charge in [0.2, 0.25) is 5.91 Å². The van der Waals surface area contributed by atoms with Gasteiger partial charge in [-0.3, -0.25) is 4.79 Å². The van der Waals surface area contributed by atoms with Crippen LogP contribution >= 0.6 is 0 Å². The quantitative estimate of drug-likeness (QED) is 0.0497. The fourth-order valence-corrected chi connectivity index (χ4v) is 5.87. The lowest BCUT2D eigenvalue weighted by atomic mass is 9.97. The lowest BCUT2D eigenvalue weighted by Gasteiger charge is -2.46. The number of amides is 1. The molecule has 2 aliphatic heterocycles. The van der Waals surface area contributed by atoms with Crippen LogP contribution in [0.25, 0.3) is 0 Å². The highest BCUT2D eigenvalue weighted by molar-refractivity contribution is 5.76. The minimum absolute atomic E-state index is 0.253. The molecule has 14 nitrogen and oxygen atoms in total. The summed E-state index contributed by atoms with van der Waals surface area (Å²) in [7, 11) is 0. The van der Waals surface area contributed by atoms with Gasteiger partial charge >= 0.3 is 0 Å². The smallest absolute Gasteiger partial charge is 0.220 e. The Morgan fingerprint density at radius 3 is 1.92 bits per heavy atom. The van der Waals surface area contributed by atoms with Gasteiger partial charge in [0, 0.05) is 6.42 Å². The summed E-state index contributed by atoms with van der Waals surface area (Å²) in [4.78, 5) is 12.8. The van der Waals surface area contributed by atoms with Crippen LogP contribution in [0, 0.1) is 0 Å². The van der Waals surface area contributed by atoms with Crippen molar-refractivity contribution in [2.24, 2.45) is 0 Å². The standard InChI is InChI=1S/C34H63NO13/c1-3-5-7-9-11-12-14-16-18-26(39)35-22(23(38)17-15-13-10-8-6-4-2)21-45-33-31(44)29(42)32(25(20-37)47-33)48-34-30(43)28(41)27(40)24(19-36)46-34/h15,17,22-25,27-34,36-38,40-44H,3-14,16,18-21H2,1-2H3,(H,35,39)/b17-15+. The van der Waals surface area contributed by atoms with E-state index < -0.39 is 86.8 Å². The molecule has 2 aliphatic rings. The molecule has 2 heterocycles. The van der Waals surface area contributed by atoms with Gasteiger partial charge in [0.05, 0.1) is 32.0 Å². The van der Waals surface area contributed by atoms with Crippen molar-refractivity contribution in [1.82, 2.24) is 5.32 Å². The molecule has 0 bridgehead atoms. The zero-order valence-electron chi connectivity index (χ0n) is 28.7. The maximum Gasteiger partial charge on any atom is 0.220 e. The summed E-state index contributed by atoms with van der Waals surface area (Å²) in [6, 6.07) is -0.901. The SMILES string of the molecule is CCCCCC/C=C/C(O)C(COC1OC(CO)C(OC2OC(CO)C(O)C(O)C2O)C(O)C1O)NC(=O)CCCCCCCCCC. The van der Waals surface area contributed by atoms with Crippen LogP contribution in [0.15, 0.2) is 12.2 Å². The summed E-state index contributed by atoms with van der Waals surface area (Å²) in [6.07, 6.45) is 0.532. The van der Waals surface area contributed by atoms with E-state index in [1.165, 1.54) is 25.7 Å². The second-order valence-corrected chi connectivity index (χ2v) is 13.0. The third-order valence-electron chi connectivity index (χ3n) is 8.97. The van der Waals surface area contributed by atoms with Crippen LogP contribution in [-0.4, -0.2) is 140 Å². The van der Waals surface area contributed by atoms with Crippen molar-refractivity contribution >= 4 is 5.91 Å². The molecule has 14 heteroatoms. The molecule has 12 atom stereocenters. The first-order chi connectivity index (χ1) is 23.1. The number of carbonyl (C=O) groups excluding carboxylic acids is 1. The molecule has 1 amide bonds. The van der Waals surface area contributed by atoms with E-state index in [2.05, 4.69) is 19.2 Å². The van der Waals surface area contributed by atoms with Gasteiger partial charge in [0.25, 0.3) is 0 Å². The lowest BCUT2D eigenvalue weighted by molar-refractivity contribution is -0.359. The number of aliphatic hydroxyl groups excluding tert-OH is 8. The number of carbonyl (C=O) groups is 1. The van der Waals surface area contributed by atoms with E-state index in [1.807, 2.05) is 6.08 Å². The van der Waals surface area contributed by atoms with E-state index >= 15 is 0 Å². The number of nitrogens with one attached hydrogen (secondary N) is 1. The average Bonchev–Trinajstić information content (AvgIpc) is 3.08. The lowest BCUT2D eigenvalue weighted by Crippen LogP contribution is -2.65. The summed E-state index contributed by atoms with van der Waals surface area (Å²) in [5.41, 5.74) is 0. The number of ether oxygens (including phenoxy) is 4. The fraction of sp³-hybridized carbons (Fsp3) is 0.912. The van der Waals surface area contributed by atoms with Crippen LogP contribution in [-0.2, 0) is 23.7 Å². The Balaban J connectivity index is 2.00. The van der Waals surface area contributed by atoms with Gasteiger partial charge < -0.3 is 65.1 Å². The van der Waals surface area contributed by atoms with Crippen molar-refractivity contribution in [3.63, 3.8) is 0 Å². The van der Waals surface area contributed by atoms with Gasteiger partial charge in [0.15, 0.2) is 12.6 Å². The molecule has 9 N–H and O–H groups in total. The first-order valence-corrected chi connectivity index (χ1v) is 17.9. The summed E-state index contributed by atoms with van der Waals surface area (Å²) >= 11 is 0. The predicted octanol–water partition coefficient (Wildman–Crippen LogP) is 0.530. The monoisotopic (exact) mass is 693 g/mol. The second-order valence-electron chi connectivity index (χ2n) is 13.0. The molecule has 48 heavy (non-hydrogen) atoms. The van der Waals surface area contributed by atoms with E-state index in [4.69, 9.17) is 18.9 Å². The molecule has 2 fully saturated rings. The van der Waals surface area contributed by atoms with E-state index in [0.717, 1.165) is 51.4 Å². The van der Waals surface area contributed by atoms with Crippen LogP contribution < -0.4 is 5.32 Å². The first-order valence-electron chi connectivity index (χ1n) is 17.9. The molecule has 12 unspecified atom stereocenters. The molecule has 2 rings (SSSR count). The minimum atomic E-state index is -1.78. The van der Waals surface area contributed by atoms with Gasteiger partial charge in [-0.05, 0) is 19.3 Å². The molecule has 0 spiro atoms. The van der Waals surface area contributed by atoms with Crippen LogP contribution in [0.2, 0.25) is 0 Å². The Bertz CT molecular complexity index is 878. The molecule has 282 valence electrons. The van der Waals surface area contributed by atoms with E-state index in [9.17, 15) is 45.6 Å². The summed E-state index contributed by atoms with van der Waals surface area (Å²) in [5, 5.41) is 85.5. The highest BCUT2D eigenvalue weighted by atomic mass is 16.7. The molecular formula is C34H63NO13. The number of aliphatic hydroxyl groups is 8. The van der Waals surface area contributed by atoms with Crippen molar-refractivity contribution < 1.29 is 64.6 Å². The highest BCUT2D eigenvalue weighted by Gasteiger charge is 2.50. The van der Waals surface area contributed by atoms with Crippen LogP contribution in [0.3, 0.4) is 0 Å². The maximum atomic E-state index is 12.8. The zero-order valence-corrected chi connectivity index (χ0v) is 28.7. The van der Waals surface area contributed by atoms with Gasteiger partial charge in [0.1, 0.15) is 48.8 Å². The van der Waals surface area contributed by atoms with Crippen LogP contribution in [0.5, 0.6) is 0 Å². The molecule has 0 radical (unpaired) electrons.